The van der Waals surface area contributed by atoms with Gasteiger partial charge in [0, 0.05) is 6.10 Å². The highest BCUT2D eigenvalue weighted by Crippen LogP contribution is 2.08. The zero-order valence-corrected chi connectivity index (χ0v) is 7.70. The van der Waals surface area contributed by atoms with Crippen LogP contribution < -0.4 is 0 Å². The molecule has 9 heavy (non-hydrogen) atoms. The Morgan fingerprint density at radius 3 is 1.33 bits per heavy atom. The van der Waals surface area contributed by atoms with Crippen LogP contribution in [0, 0.1) is 0 Å². The molecule has 0 aromatic heterocycles. The van der Waals surface area contributed by atoms with Crippen molar-refractivity contribution in [2.24, 2.45) is 0 Å². The molecule has 0 amide bonds. The first kappa shape index (κ1) is 12.1. The van der Waals surface area contributed by atoms with Crippen LogP contribution in [0.5, 0.6) is 0 Å². The Hall–Kier alpha value is 0.350. The molecule has 0 bridgehead atoms. The van der Waals surface area contributed by atoms with E-state index in [-0.39, 0.29) is 6.10 Å². The van der Waals surface area contributed by atoms with Crippen LogP contribution in [-0.2, 0) is 0 Å². The quantitative estimate of drug-likeness (QED) is 0.508. The molecule has 0 saturated carbocycles. The predicted molar refractivity (Wildman–Crippen MR) is 43.4 cm³/mol. The normalized spacial score (nSPS) is 10.7. The lowest BCUT2D eigenvalue weighted by molar-refractivity contribution is 0.178. The second-order valence-corrected chi connectivity index (χ2v) is 4.16. The molecule has 2 N–H and O–H groups in total. The van der Waals surface area contributed by atoms with Crippen molar-refractivity contribution < 1.29 is 10.2 Å². The molecular formula is C6H17O2P. The lowest BCUT2D eigenvalue weighted by atomic mass is 10.5. The maximum absolute atomic E-state index is 8.48. The average molecular weight is 152 g/mol. The molecule has 0 spiro atoms. The van der Waals surface area contributed by atoms with Crippen LogP contribution in [0.15, 0.2) is 0 Å². The number of hydrogen-bond donors (Lipinski definition) is 2. The van der Waals surface area contributed by atoms with Gasteiger partial charge < -0.3 is 10.2 Å². The minimum absolute atomic E-state index is 0.167. The molecule has 58 valence electrons. The third-order valence-corrected chi connectivity index (χ3v) is 0. The van der Waals surface area contributed by atoms with Crippen molar-refractivity contribution in [3.05, 3.63) is 0 Å². The first-order valence-electron chi connectivity index (χ1n) is 2.93. The van der Waals surface area contributed by atoms with Gasteiger partial charge in [0.2, 0.25) is 0 Å². The zero-order valence-electron chi connectivity index (χ0n) is 6.55. The molecule has 0 aromatic rings. The predicted octanol–water partition coefficient (Wildman–Crippen LogP) is 0.977. The van der Waals surface area contributed by atoms with E-state index >= 15 is 0 Å². The molecule has 0 aliphatic rings. The summed E-state index contributed by atoms with van der Waals surface area (Å²) in [5.74, 6) is 0. The smallest absolute Gasteiger partial charge is 0.0722 e. The Morgan fingerprint density at radius 1 is 1.33 bits per heavy atom. The van der Waals surface area contributed by atoms with Crippen molar-refractivity contribution in [1.82, 2.24) is 0 Å². The summed E-state index contributed by atoms with van der Waals surface area (Å²) in [5, 5.41) is 16.0. The van der Waals surface area contributed by atoms with Gasteiger partial charge in [-0.3, -0.25) is 0 Å². The van der Waals surface area contributed by atoms with Gasteiger partial charge in [0.15, 0.2) is 0 Å². The first-order valence-corrected chi connectivity index (χ1v) is 3.50. The van der Waals surface area contributed by atoms with Crippen molar-refractivity contribution in [2.45, 2.75) is 39.1 Å². The van der Waals surface area contributed by atoms with Crippen LogP contribution in [0.1, 0.15) is 27.7 Å². The van der Waals surface area contributed by atoms with E-state index in [0.717, 1.165) is 0 Å². The van der Waals surface area contributed by atoms with Crippen molar-refractivity contribution in [1.29, 1.82) is 0 Å². The maximum atomic E-state index is 8.48. The van der Waals surface area contributed by atoms with Crippen LogP contribution in [-0.4, -0.2) is 21.7 Å². The van der Waals surface area contributed by atoms with Crippen LogP contribution in [0.4, 0.5) is 0 Å². The van der Waals surface area contributed by atoms with E-state index in [0.29, 0.717) is 0 Å². The number of aliphatic hydroxyl groups excluding tert-OH is 1. The third-order valence-electron chi connectivity index (χ3n) is 0. The van der Waals surface area contributed by atoms with Gasteiger partial charge in [0.1, 0.15) is 0 Å². The highest BCUT2D eigenvalue weighted by Gasteiger charge is 1.98. The van der Waals surface area contributed by atoms with Gasteiger partial charge in [0.05, 0.1) is 5.34 Å². The van der Waals surface area contributed by atoms with Gasteiger partial charge in [-0.2, -0.15) is 0 Å². The fourth-order valence-corrected chi connectivity index (χ4v) is 0. The fourth-order valence-electron chi connectivity index (χ4n) is 0. The monoisotopic (exact) mass is 152 g/mol. The van der Waals surface area contributed by atoms with Gasteiger partial charge in [-0.15, -0.1) is 9.24 Å². The molecule has 0 aliphatic heterocycles. The molecule has 0 radical (unpaired) electrons. The highest BCUT2D eigenvalue weighted by molar-refractivity contribution is 7.18. The molecule has 1 unspecified atom stereocenters. The molecule has 2 nitrogen and oxygen atoms in total. The molecule has 0 aliphatic carbocycles. The minimum Gasteiger partial charge on any atom is -0.394 e. The van der Waals surface area contributed by atoms with Crippen LogP contribution in [0.3, 0.4) is 0 Å². The molecular weight excluding hydrogens is 135 g/mol. The first-order chi connectivity index (χ1) is 3.73. The molecule has 0 fully saturated rings. The standard InChI is InChI=1S/C3H9OP.C3H8O/c1-3(2,4)5;1-3(2)4/h4H,5H2,1-2H3;3-4H,1-2H3. The average Bonchev–Trinajstić information content (AvgIpc) is 1.19. The third kappa shape index (κ3) is 2750. The topological polar surface area (TPSA) is 40.5 Å². The number of hydrogen-bond acceptors (Lipinski definition) is 2. The Morgan fingerprint density at radius 2 is 1.33 bits per heavy atom. The Kier molecular flexibility index (Phi) is 6.92. The van der Waals surface area contributed by atoms with E-state index < -0.39 is 5.34 Å². The fraction of sp³-hybridized carbons (Fsp3) is 1.00. The summed E-state index contributed by atoms with van der Waals surface area (Å²) in [6.07, 6.45) is -0.167. The van der Waals surface area contributed by atoms with Crippen molar-refractivity contribution in [3.63, 3.8) is 0 Å². The van der Waals surface area contributed by atoms with Gasteiger partial charge >= 0.3 is 0 Å². The lowest BCUT2D eigenvalue weighted by Crippen LogP contribution is -2.04. The molecule has 3 heteroatoms. The largest absolute Gasteiger partial charge is 0.394 e. The second kappa shape index (κ2) is 5.16. The molecule has 0 heterocycles. The van der Waals surface area contributed by atoms with E-state index in [1.165, 1.54) is 0 Å². The summed E-state index contributed by atoms with van der Waals surface area (Å²) in [5.41, 5.74) is 0. The van der Waals surface area contributed by atoms with Gasteiger partial charge in [-0.25, -0.2) is 0 Å². The zero-order chi connectivity index (χ0) is 8.08. The van der Waals surface area contributed by atoms with E-state index in [4.69, 9.17) is 10.2 Å². The van der Waals surface area contributed by atoms with Gasteiger partial charge in [0.25, 0.3) is 0 Å². The SMILES string of the molecule is CC(C)(O)P.CC(C)O. The minimum atomic E-state index is -0.583. The van der Waals surface area contributed by atoms with Crippen LogP contribution in [0.2, 0.25) is 0 Å². The van der Waals surface area contributed by atoms with E-state index in [9.17, 15) is 0 Å². The van der Waals surface area contributed by atoms with Crippen LogP contribution >= 0.6 is 9.24 Å². The van der Waals surface area contributed by atoms with Gasteiger partial charge in [-0.1, -0.05) is 0 Å². The highest BCUT2D eigenvalue weighted by atomic mass is 31.0. The molecule has 0 aromatic carbocycles. The summed E-state index contributed by atoms with van der Waals surface area (Å²) < 4.78 is 0. The summed E-state index contributed by atoms with van der Waals surface area (Å²) in [7, 11) is 2.27. The van der Waals surface area contributed by atoms with E-state index in [1.54, 1.807) is 27.7 Å². The summed E-state index contributed by atoms with van der Waals surface area (Å²) >= 11 is 0. The van der Waals surface area contributed by atoms with E-state index in [2.05, 4.69) is 9.24 Å². The second-order valence-electron chi connectivity index (χ2n) is 2.75. The number of aliphatic hydroxyl groups is 2. The summed E-state index contributed by atoms with van der Waals surface area (Å²) in [6.45, 7) is 6.86. The lowest BCUT2D eigenvalue weighted by Gasteiger charge is -2.04. The Labute approximate surface area is 59.5 Å². The Balaban J connectivity index is 0. The van der Waals surface area contributed by atoms with Crippen LogP contribution in [0.25, 0.3) is 0 Å². The van der Waals surface area contributed by atoms with Gasteiger partial charge in [-0.05, 0) is 27.7 Å². The molecule has 0 rings (SSSR count). The summed E-state index contributed by atoms with van der Waals surface area (Å²) in [6, 6.07) is 0. The summed E-state index contributed by atoms with van der Waals surface area (Å²) in [4.78, 5) is 0. The Bertz CT molecular complexity index is 47.8. The maximum Gasteiger partial charge on any atom is 0.0722 e. The van der Waals surface area contributed by atoms with Crippen molar-refractivity contribution >= 4 is 9.24 Å². The van der Waals surface area contributed by atoms with Crippen molar-refractivity contribution in [2.75, 3.05) is 0 Å². The van der Waals surface area contributed by atoms with E-state index in [1.807, 2.05) is 0 Å². The molecule has 1 atom stereocenters. The molecule has 0 saturated heterocycles. The van der Waals surface area contributed by atoms with Crippen molar-refractivity contribution in [3.8, 4) is 0 Å². The number of rotatable bonds is 0.